The summed E-state index contributed by atoms with van der Waals surface area (Å²) in [6, 6.07) is 4.27. The maximum atomic E-state index is 6.22. The average molecular weight is 211 g/mol. The Morgan fingerprint density at radius 2 is 2.29 bits per heavy atom. The lowest BCUT2D eigenvalue weighted by Gasteiger charge is -2.14. The highest BCUT2D eigenvalue weighted by Gasteiger charge is 2.19. The molecule has 2 N–H and O–H groups in total. The number of hydrogen-bond acceptors (Lipinski definition) is 2. The van der Waals surface area contributed by atoms with Gasteiger partial charge in [-0.05, 0) is 36.6 Å². The molecule has 3 heteroatoms. The lowest BCUT2D eigenvalue weighted by Crippen LogP contribution is -2.12. The highest BCUT2D eigenvalue weighted by atomic mass is 35.5. The van der Waals surface area contributed by atoms with Crippen LogP contribution in [-0.4, -0.2) is 20.1 Å². The molecule has 1 aliphatic heterocycles. The third kappa shape index (κ3) is 1.60. The van der Waals surface area contributed by atoms with Crippen LogP contribution in [0.4, 0.5) is 5.69 Å². The van der Waals surface area contributed by atoms with Crippen molar-refractivity contribution < 1.29 is 0 Å². The first-order valence-corrected chi connectivity index (χ1v) is 5.32. The number of likely N-dealkylation sites (N-methyl/N-ethyl adjacent to an activating group) is 1. The molecular weight excluding hydrogens is 196 g/mol. The number of hydrogen-bond donors (Lipinski definition) is 1. The Morgan fingerprint density at radius 1 is 1.50 bits per heavy atom. The minimum Gasteiger partial charge on any atom is -0.373 e. The van der Waals surface area contributed by atoms with E-state index in [-0.39, 0.29) is 0 Å². The van der Waals surface area contributed by atoms with E-state index < -0.39 is 0 Å². The van der Waals surface area contributed by atoms with Gasteiger partial charge in [-0.2, -0.15) is 0 Å². The number of fused-ring (bicyclic) bond motifs is 1. The van der Waals surface area contributed by atoms with E-state index in [9.17, 15) is 0 Å². The van der Waals surface area contributed by atoms with Gasteiger partial charge in [0.05, 0.1) is 10.7 Å². The van der Waals surface area contributed by atoms with Crippen LogP contribution in [0.5, 0.6) is 0 Å². The normalized spacial score (nSPS) is 14.6. The van der Waals surface area contributed by atoms with Crippen molar-refractivity contribution in [3.05, 3.63) is 28.3 Å². The van der Waals surface area contributed by atoms with Gasteiger partial charge < -0.3 is 10.6 Å². The standard InChI is InChI=1S/C11H15ClN2/c1-14-5-3-9-6-8(2-4-13)7-10(12)11(9)14/h6-7H,2-5,13H2,1H3. The summed E-state index contributed by atoms with van der Waals surface area (Å²) >= 11 is 6.22. The van der Waals surface area contributed by atoms with Crippen LogP contribution in [0, 0.1) is 0 Å². The monoisotopic (exact) mass is 210 g/mol. The van der Waals surface area contributed by atoms with Crippen molar-refractivity contribution in [1.29, 1.82) is 0 Å². The second-order valence-corrected chi connectivity index (χ2v) is 4.20. The Balaban J connectivity index is 2.41. The van der Waals surface area contributed by atoms with Gasteiger partial charge in [-0.3, -0.25) is 0 Å². The molecule has 0 atom stereocenters. The largest absolute Gasteiger partial charge is 0.373 e. The van der Waals surface area contributed by atoms with Crippen LogP contribution < -0.4 is 10.6 Å². The molecule has 0 amide bonds. The molecule has 0 saturated heterocycles. The second kappa shape index (κ2) is 3.79. The quantitative estimate of drug-likeness (QED) is 0.807. The van der Waals surface area contributed by atoms with E-state index in [0.717, 1.165) is 24.4 Å². The van der Waals surface area contributed by atoms with Crippen molar-refractivity contribution >= 4 is 17.3 Å². The molecule has 0 spiro atoms. The first-order chi connectivity index (χ1) is 6.72. The molecule has 0 fully saturated rings. The topological polar surface area (TPSA) is 29.3 Å². The van der Waals surface area contributed by atoms with E-state index in [0.29, 0.717) is 6.54 Å². The molecule has 76 valence electrons. The number of nitrogens with two attached hydrogens (primary N) is 1. The van der Waals surface area contributed by atoms with Crippen molar-refractivity contribution in [1.82, 2.24) is 0 Å². The van der Waals surface area contributed by atoms with Crippen LogP contribution in [0.3, 0.4) is 0 Å². The van der Waals surface area contributed by atoms with Crippen LogP contribution in [0.25, 0.3) is 0 Å². The van der Waals surface area contributed by atoms with Gasteiger partial charge in [0.25, 0.3) is 0 Å². The van der Waals surface area contributed by atoms with E-state index in [1.54, 1.807) is 0 Å². The average Bonchev–Trinajstić information content (AvgIpc) is 2.48. The first-order valence-electron chi connectivity index (χ1n) is 4.95. The zero-order chi connectivity index (χ0) is 10.1. The van der Waals surface area contributed by atoms with E-state index in [1.807, 2.05) is 6.07 Å². The minimum atomic E-state index is 0.685. The molecule has 0 aliphatic carbocycles. The summed E-state index contributed by atoms with van der Waals surface area (Å²) in [6.07, 6.45) is 2.01. The summed E-state index contributed by atoms with van der Waals surface area (Å²) in [4.78, 5) is 2.21. The number of rotatable bonds is 2. The van der Waals surface area contributed by atoms with E-state index in [1.165, 1.54) is 16.8 Å². The van der Waals surface area contributed by atoms with Gasteiger partial charge in [-0.25, -0.2) is 0 Å². The third-order valence-corrected chi connectivity index (χ3v) is 3.02. The molecule has 1 aromatic rings. The highest BCUT2D eigenvalue weighted by molar-refractivity contribution is 6.33. The molecule has 0 radical (unpaired) electrons. The SMILES string of the molecule is CN1CCc2cc(CCN)cc(Cl)c21. The van der Waals surface area contributed by atoms with E-state index >= 15 is 0 Å². The molecule has 0 saturated carbocycles. The summed E-state index contributed by atoms with van der Waals surface area (Å²) in [5.41, 5.74) is 9.35. The fraction of sp³-hybridized carbons (Fsp3) is 0.455. The predicted octanol–water partition coefficient (Wildman–Crippen LogP) is 1.83. The van der Waals surface area contributed by atoms with Crippen molar-refractivity contribution in [3.8, 4) is 0 Å². The Hall–Kier alpha value is -0.730. The molecule has 2 nitrogen and oxygen atoms in total. The summed E-state index contributed by atoms with van der Waals surface area (Å²) in [6.45, 7) is 1.76. The van der Waals surface area contributed by atoms with Gasteiger partial charge in [0.2, 0.25) is 0 Å². The zero-order valence-corrected chi connectivity index (χ0v) is 9.14. The number of benzene rings is 1. The van der Waals surface area contributed by atoms with Crippen molar-refractivity contribution in [2.75, 3.05) is 25.0 Å². The lowest BCUT2D eigenvalue weighted by atomic mass is 10.1. The fourth-order valence-corrected chi connectivity index (χ4v) is 2.45. The molecule has 0 bridgehead atoms. The first kappa shape index (κ1) is 9.81. The van der Waals surface area contributed by atoms with Crippen LogP contribution in [0.1, 0.15) is 11.1 Å². The molecule has 2 rings (SSSR count). The van der Waals surface area contributed by atoms with Gasteiger partial charge in [-0.1, -0.05) is 17.7 Å². The number of nitrogens with zero attached hydrogens (tertiary/aromatic N) is 1. The summed E-state index contributed by atoms with van der Waals surface area (Å²) in [5.74, 6) is 0. The molecule has 1 aliphatic rings. The predicted molar refractivity (Wildman–Crippen MR) is 61.2 cm³/mol. The highest BCUT2D eigenvalue weighted by Crippen LogP contribution is 2.35. The second-order valence-electron chi connectivity index (χ2n) is 3.80. The Morgan fingerprint density at radius 3 is 3.00 bits per heavy atom. The Bertz CT molecular complexity index is 349. The van der Waals surface area contributed by atoms with Gasteiger partial charge in [0.1, 0.15) is 0 Å². The molecule has 0 aromatic heterocycles. The number of halogens is 1. The van der Waals surface area contributed by atoms with E-state index in [4.69, 9.17) is 17.3 Å². The van der Waals surface area contributed by atoms with Crippen LogP contribution in [0.15, 0.2) is 12.1 Å². The Kier molecular flexibility index (Phi) is 2.66. The Labute approximate surface area is 89.7 Å². The van der Waals surface area contributed by atoms with E-state index in [2.05, 4.69) is 18.0 Å². The molecule has 1 aromatic carbocycles. The summed E-state index contributed by atoms with van der Waals surface area (Å²) in [5, 5.41) is 0.867. The zero-order valence-electron chi connectivity index (χ0n) is 8.39. The number of anilines is 1. The molecule has 14 heavy (non-hydrogen) atoms. The molecular formula is C11H15ClN2. The maximum Gasteiger partial charge on any atom is 0.0645 e. The third-order valence-electron chi connectivity index (χ3n) is 2.73. The van der Waals surface area contributed by atoms with Gasteiger partial charge in [0, 0.05) is 13.6 Å². The van der Waals surface area contributed by atoms with Crippen molar-refractivity contribution in [2.24, 2.45) is 5.73 Å². The van der Waals surface area contributed by atoms with Crippen LogP contribution >= 0.6 is 11.6 Å². The lowest BCUT2D eigenvalue weighted by molar-refractivity contribution is 0.952. The smallest absolute Gasteiger partial charge is 0.0645 e. The summed E-state index contributed by atoms with van der Waals surface area (Å²) in [7, 11) is 2.08. The van der Waals surface area contributed by atoms with Crippen molar-refractivity contribution in [3.63, 3.8) is 0 Å². The molecule has 1 heterocycles. The minimum absolute atomic E-state index is 0.685. The van der Waals surface area contributed by atoms with Gasteiger partial charge in [0.15, 0.2) is 0 Å². The maximum absolute atomic E-state index is 6.22. The molecule has 0 unspecified atom stereocenters. The van der Waals surface area contributed by atoms with Crippen LogP contribution in [0.2, 0.25) is 5.02 Å². The fourth-order valence-electron chi connectivity index (χ4n) is 2.05. The van der Waals surface area contributed by atoms with Crippen molar-refractivity contribution in [2.45, 2.75) is 12.8 Å². The van der Waals surface area contributed by atoms with Gasteiger partial charge in [-0.15, -0.1) is 0 Å². The van der Waals surface area contributed by atoms with Gasteiger partial charge >= 0.3 is 0 Å². The van der Waals surface area contributed by atoms with Crippen LogP contribution in [-0.2, 0) is 12.8 Å². The summed E-state index contributed by atoms with van der Waals surface area (Å²) < 4.78 is 0.